The maximum atomic E-state index is 2.48. The summed E-state index contributed by atoms with van der Waals surface area (Å²) in [6, 6.07) is 11.3. The maximum Gasteiger partial charge on any atom is 0.0832 e. The zero-order valence-electron chi connectivity index (χ0n) is 23.3. The Kier molecular flexibility index (Phi) is 21.9. The summed E-state index contributed by atoms with van der Waals surface area (Å²) < 4.78 is 0.208. The second kappa shape index (κ2) is 23.3. The highest BCUT2D eigenvalue weighted by Crippen LogP contribution is 2.47. The van der Waals surface area contributed by atoms with E-state index >= 15 is 0 Å². The fourth-order valence-corrected chi connectivity index (χ4v) is 7.58. The molecule has 2 heteroatoms. The average molecular weight is 507 g/mol. The van der Waals surface area contributed by atoms with Gasteiger partial charge in [0.05, 0.1) is 4.08 Å². The minimum atomic E-state index is 0.208. The topological polar surface area (TPSA) is 0 Å². The van der Waals surface area contributed by atoms with E-state index in [4.69, 9.17) is 0 Å². The summed E-state index contributed by atoms with van der Waals surface area (Å²) in [5.41, 5.74) is 1.50. The second-order valence-electron chi connectivity index (χ2n) is 10.4. The third-order valence-corrected chi connectivity index (χ3v) is 10.3. The van der Waals surface area contributed by atoms with Crippen LogP contribution in [0.15, 0.2) is 30.3 Å². The number of hydrogen-bond donors (Lipinski definition) is 0. The van der Waals surface area contributed by atoms with Crippen molar-refractivity contribution in [1.82, 2.24) is 0 Å². The van der Waals surface area contributed by atoms with Gasteiger partial charge in [-0.25, -0.2) is 0 Å². The Morgan fingerprint density at radius 2 is 0.794 bits per heavy atom. The molecule has 0 bridgehead atoms. The molecule has 0 saturated carbocycles. The number of unbranched alkanes of at least 4 members (excludes halogenated alkanes) is 18. The van der Waals surface area contributed by atoms with Crippen LogP contribution < -0.4 is 0 Å². The zero-order chi connectivity index (χ0) is 24.6. The van der Waals surface area contributed by atoms with Gasteiger partial charge < -0.3 is 0 Å². The highest BCUT2D eigenvalue weighted by Gasteiger charge is 2.27. The van der Waals surface area contributed by atoms with E-state index in [2.05, 4.69) is 74.6 Å². The van der Waals surface area contributed by atoms with Crippen LogP contribution in [0.1, 0.15) is 155 Å². The van der Waals surface area contributed by atoms with Crippen LogP contribution >= 0.6 is 23.5 Å². The SMILES string of the molecule is CCCCCCCCCCCCSC(C)(SCCCCCCCCCCCC)c1ccccc1. The van der Waals surface area contributed by atoms with Gasteiger partial charge in [-0.3, -0.25) is 0 Å². The van der Waals surface area contributed by atoms with E-state index in [0.29, 0.717) is 0 Å². The van der Waals surface area contributed by atoms with E-state index in [9.17, 15) is 0 Å². The number of thioether (sulfide) groups is 2. The van der Waals surface area contributed by atoms with E-state index in [1.54, 1.807) is 0 Å². The van der Waals surface area contributed by atoms with Gasteiger partial charge in [0.15, 0.2) is 0 Å². The molecule has 1 rings (SSSR count). The van der Waals surface area contributed by atoms with Crippen molar-refractivity contribution in [3.05, 3.63) is 35.9 Å². The van der Waals surface area contributed by atoms with Crippen LogP contribution in [-0.4, -0.2) is 11.5 Å². The summed E-state index contributed by atoms with van der Waals surface area (Å²) in [4.78, 5) is 0. The fourth-order valence-electron chi connectivity index (χ4n) is 4.66. The van der Waals surface area contributed by atoms with Crippen molar-refractivity contribution in [2.45, 2.75) is 153 Å². The van der Waals surface area contributed by atoms with Gasteiger partial charge in [0.25, 0.3) is 0 Å². The van der Waals surface area contributed by atoms with Crippen LogP contribution in [0.25, 0.3) is 0 Å². The molecule has 0 atom stereocenters. The molecule has 0 spiro atoms. The van der Waals surface area contributed by atoms with Gasteiger partial charge in [-0.15, -0.1) is 23.5 Å². The molecule has 0 saturated heterocycles. The van der Waals surface area contributed by atoms with E-state index in [0.717, 1.165) is 0 Å². The van der Waals surface area contributed by atoms with Crippen LogP contribution in [-0.2, 0) is 4.08 Å². The normalized spacial score (nSPS) is 11.9. The summed E-state index contributed by atoms with van der Waals surface area (Å²) in [6.07, 6.45) is 28.5. The molecule has 198 valence electrons. The molecule has 0 aliphatic rings. The van der Waals surface area contributed by atoms with E-state index in [1.165, 1.54) is 145 Å². The summed E-state index contributed by atoms with van der Waals surface area (Å²) in [7, 11) is 0. The van der Waals surface area contributed by atoms with Crippen molar-refractivity contribution in [2.75, 3.05) is 11.5 Å². The molecule has 0 aliphatic carbocycles. The number of hydrogen-bond acceptors (Lipinski definition) is 2. The van der Waals surface area contributed by atoms with Crippen LogP contribution in [0.2, 0.25) is 0 Å². The molecule has 0 fully saturated rings. The molecule has 0 unspecified atom stereocenters. The van der Waals surface area contributed by atoms with Gasteiger partial charge in [0.2, 0.25) is 0 Å². The lowest BCUT2D eigenvalue weighted by atomic mass is 10.1. The van der Waals surface area contributed by atoms with E-state index in [-0.39, 0.29) is 4.08 Å². The highest BCUT2D eigenvalue weighted by atomic mass is 32.2. The minimum Gasteiger partial charge on any atom is -0.140 e. The lowest BCUT2D eigenvalue weighted by Gasteiger charge is -2.29. The lowest BCUT2D eigenvalue weighted by molar-refractivity contribution is 0.563. The molecule has 0 aromatic heterocycles. The number of benzene rings is 1. The van der Waals surface area contributed by atoms with E-state index < -0.39 is 0 Å². The number of rotatable bonds is 25. The Morgan fingerprint density at radius 1 is 0.471 bits per heavy atom. The van der Waals surface area contributed by atoms with Crippen molar-refractivity contribution in [1.29, 1.82) is 0 Å². The molecule has 0 nitrogen and oxygen atoms in total. The van der Waals surface area contributed by atoms with Crippen molar-refractivity contribution in [3.63, 3.8) is 0 Å². The highest BCUT2D eigenvalue weighted by molar-refractivity contribution is 8.17. The summed E-state index contributed by atoms with van der Waals surface area (Å²) >= 11 is 4.40. The molecule has 0 amide bonds. The first kappa shape index (κ1) is 31.9. The Morgan fingerprint density at radius 3 is 1.15 bits per heavy atom. The minimum absolute atomic E-state index is 0.208. The first-order chi connectivity index (χ1) is 16.7. The maximum absolute atomic E-state index is 2.48. The second-order valence-corrected chi connectivity index (χ2v) is 13.7. The monoisotopic (exact) mass is 506 g/mol. The van der Waals surface area contributed by atoms with Gasteiger partial charge in [-0.2, -0.15) is 0 Å². The smallest absolute Gasteiger partial charge is 0.0832 e. The summed E-state index contributed by atoms with van der Waals surface area (Å²) in [5, 5.41) is 0. The summed E-state index contributed by atoms with van der Waals surface area (Å²) in [6.45, 7) is 7.08. The Balaban J connectivity index is 2.17. The Hall–Kier alpha value is -0.0800. The quantitative estimate of drug-likeness (QED) is 0.0955. The van der Waals surface area contributed by atoms with Gasteiger partial charge in [-0.1, -0.05) is 160 Å². The third kappa shape index (κ3) is 17.4. The van der Waals surface area contributed by atoms with Crippen LogP contribution in [0.3, 0.4) is 0 Å². The molecule has 0 radical (unpaired) electrons. The first-order valence-corrected chi connectivity index (χ1v) is 17.0. The van der Waals surface area contributed by atoms with Crippen LogP contribution in [0.4, 0.5) is 0 Å². The zero-order valence-corrected chi connectivity index (χ0v) is 24.9. The van der Waals surface area contributed by atoms with Crippen LogP contribution in [0, 0.1) is 0 Å². The van der Waals surface area contributed by atoms with Gasteiger partial charge in [0, 0.05) is 0 Å². The van der Waals surface area contributed by atoms with Gasteiger partial charge >= 0.3 is 0 Å². The summed E-state index contributed by atoms with van der Waals surface area (Å²) in [5.74, 6) is 2.60. The molecule has 0 aliphatic heterocycles. The Labute approximate surface area is 223 Å². The molecule has 0 N–H and O–H groups in total. The molecule has 1 aromatic rings. The Bertz CT molecular complexity index is 501. The fraction of sp³-hybridized carbons (Fsp3) is 0.812. The average Bonchev–Trinajstić information content (AvgIpc) is 2.86. The van der Waals surface area contributed by atoms with Crippen LogP contribution in [0.5, 0.6) is 0 Å². The molecule has 34 heavy (non-hydrogen) atoms. The molecular weight excluding hydrogens is 448 g/mol. The predicted octanol–water partition coefficient (Wildman–Crippen LogP) is 12.2. The molecule has 0 heterocycles. The third-order valence-electron chi connectivity index (χ3n) is 7.05. The predicted molar refractivity (Wildman–Crippen MR) is 162 cm³/mol. The molecular formula is C32H58S2. The van der Waals surface area contributed by atoms with Gasteiger partial charge in [-0.05, 0) is 36.8 Å². The van der Waals surface area contributed by atoms with Crippen molar-refractivity contribution >= 4 is 23.5 Å². The molecule has 1 aromatic carbocycles. The largest absolute Gasteiger partial charge is 0.140 e. The van der Waals surface area contributed by atoms with E-state index in [1.807, 2.05) is 0 Å². The first-order valence-electron chi connectivity index (χ1n) is 15.1. The van der Waals surface area contributed by atoms with Crippen molar-refractivity contribution in [3.8, 4) is 0 Å². The standard InChI is InChI=1S/C32H58S2/c1-4-6-8-10-12-14-16-18-20-25-29-33-32(3,31-27-23-22-24-28-31)34-30-26-21-19-17-15-13-11-9-7-5-2/h22-24,27-28H,4-21,25-26,29-30H2,1-3H3. The van der Waals surface area contributed by atoms with Crippen molar-refractivity contribution in [2.24, 2.45) is 0 Å². The van der Waals surface area contributed by atoms with Crippen molar-refractivity contribution < 1.29 is 0 Å². The van der Waals surface area contributed by atoms with Gasteiger partial charge in [0.1, 0.15) is 0 Å². The lowest BCUT2D eigenvalue weighted by Crippen LogP contribution is -2.14.